The van der Waals surface area contributed by atoms with Gasteiger partial charge in [0.25, 0.3) is 0 Å². The van der Waals surface area contributed by atoms with Crippen molar-refractivity contribution in [1.29, 1.82) is 0 Å². The number of carboxylic acids is 1. The molecule has 0 saturated carbocycles. The molecular formula is C24H22FNO4. The zero-order valence-corrected chi connectivity index (χ0v) is 16.6. The number of fused-ring (bicyclic) bond motifs is 1. The first kappa shape index (κ1) is 19.9. The van der Waals surface area contributed by atoms with Gasteiger partial charge in [0.15, 0.2) is 0 Å². The molecule has 0 saturated heterocycles. The molecule has 1 aliphatic rings. The van der Waals surface area contributed by atoms with E-state index >= 15 is 0 Å². The molecule has 0 spiro atoms. The van der Waals surface area contributed by atoms with Crippen molar-refractivity contribution < 1.29 is 23.8 Å². The fraction of sp³-hybridized carbons (Fsp3) is 0.250. The lowest BCUT2D eigenvalue weighted by molar-refractivity contribution is -0.136. The van der Waals surface area contributed by atoms with Crippen LogP contribution in [-0.4, -0.2) is 23.2 Å². The van der Waals surface area contributed by atoms with Crippen molar-refractivity contribution in [3.8, 4) is 22.8 Å². The van der Waals surface area contributed by atoms with Crippen LogP contribution in [0.2, 0.25) is 0 Å². The second kappa shape index (κ2) is 8.53. The predicted molar refractivity (Wildman–Crippen MR) is 110 cm³/mol. The van der Waals surface area contributed by atoms with E-state index in [-0.39, 0.29) is 18.3 Å². The molecule has 0 radical (unpaired) electrons. The number of pyridine rings is 1. The van der Waals surface area contributed by atoms with Crippen LogP contribution >= 0.6 is 0 Å². The maximum absolute atomic E-state index is 15.0. The van der Waals surface area contributed by atoms with Crippen LogP contribution in [0.25, 0.3) is 11.1 Å². The Labute approximate surface area is 174 Å². The van der Waals surface area contributed by atoms with Crippen molar-refractivity contribution in [3.63, 3.8) is 0 Å². The highest BCUT2D eigenvalue weighted by molar-refractivity contribution is 5.67. The zero-order valence-electron chi connectivity index (χ0n) is 16.6. The van der Waals surface area contributed by atoms with Gasteiger partial charge in [-0.15, -0.1) is 0 Å². The Hall–Kier alpha value is -3.41. The number of nitrogens with zero attached hydrogens (tertiary/aromatic N) is 1. The van der Waals surface area contributed by atoms with E-state index in [1.54, 1.807) is 25.4 Å². The molecule has 1 N–H and O–H groups in total. The third kappa shape index (κ3) is 4.27. The first-order chi connectivity index (χ1) is 14.5. The number of halogens is 1. The zero-order chi connectivity index (χ0) is 21.1. The molecule has 3 aromatic rings. The predicted octanol–water partition coefficient (Wildman–Crippen LogP) is 4.98. The summed E-state index contributed by atoms with van der Waals surface area (Å²) in [5.74, 6) is 0.0265. The molecule has 1 aromatic heterocycles. The summed E-state index contributed by atoms with van der Waals surface area (Å²) >= 11 is 0. The van der Waals surface area contributed by atoms with E-state index in [2.05, 4.69) is 4.98 Å². The van der Waals surface area contributed by atoms with Crippen LogP contribution < -0.4 is 9.47 Å². The number of aliphatic carboxylic acids is 1. The van der Waals surface area contributed by atoms with Crippen LogP contribution in [0.3, 0.4) is 0 Å². The van der Waals surface area contributed by atoms with Gasteiger partial charge in [0, 0.05) is 24.2 Å². The van der Waals surface area contributed by atoms with Crippen molar-refractivity contribution >= 4 is 5.97 Å². The molecule has 30 heavy (non-hydrogen) atoms. The molecule has 1 aliphatic heterocycles. The summed E-state index contributed by atoms with van der Waals surface area (Å²) in [5, 5.41) is 8.89. The van der Waals surface area contributed by atoms with Gasteiger partial charge in [0.1, 0.15) is 17.7 Å². The van der Waals surface area contributed by atoms with Gasteiger partial charge in [-0.25, -0.2) is 9.37 Å². The number of hydrogen-bond acceptors (Lipinski definition) is 4. The van der Waals surface area contributed by atoms with Crippen molar-refractivity contribution in [2.24, 2.45) is 0 Å². The number of aromatic nitrogens is 1. The molecule has 5 nitrogen and oxygen atoms in total. The standard InChI is InChI=1S/C24H22FNO4/c1-29-23-14-18(10-11-26-23)17-5-7-19(20(25)13-17)21-8-6-16-4-2-15(3-9-24(27)28)12-22(16)30-21/h2,4-5,7,10-14,21H,3,6,8-9H2,1H3,(H,27,28). The lowest BCUT2D eigenvalue weighted by Crippen LogP contribution is -2.16. The molecule has 1 unspecified atom stereocenters. The number of methoxy groups -OCH3 is 1. The van der Waals surface area contributed by atoms with Crippen molar-refractivity contribution in [2.45, 2.75) is 31.8 Å². The minimum absolute atomic E-state index is 0.0676. The number of aryl methyl sites for hydroxylation is 2. The van der Waals surface area contributed by atoms with E-state index < -0.39 is 5.97 Å². The number of hydrogen-bond donors (Lipinski definition) is 1. The molecule has 2 heterocycles. The van der Waals surface area contributed by atoms with Crippen LogP contribution in [0.1, 0.15) is 35.6 Å². The number of ether oxygens (including phenoxy) is 2. The second-order valence-corrected chi connectivity index (χ2v) is 7.30. The van der Waals surface area contributed by atoms with Gasteiger partial charge in [-0.05, 0) is 59.7 Å². The fourth-order valence-corrected chi connectivity index (χ4v) is 3.71. The SMILES string of the molecule is COc1cc(-c2ccc(C3CCc4ccc(CCC(=O)O)cc4O3)c(F)c2)ccn1. The highest BCUT2D eigenvalue weighted by Gasteiger charge is 2.24. The Morgan fingerprint density at radius 3 is 2.80 bits per heavy atom. The Balaban J connectivity index is 1.55. The molecule has 2 aromatic carbocycles. The first-order valence-electron chi connectivity index (χ1n) is 9.83. The molecule has 0 bridgehead atoms. The van der Waals surface area contributed by atoms with Gasteiger partial charge < -0.3 is 14.6 Å². The normalized spacial score (nSPS) is 15.2. The van der Waals surface area contributed by atoms with Gasteiger partial charge >= 0.3 is 5.97 Å². The van der Waals surface area contributed by atoms with E-state index in [0.29, 0.717) is 30.0 Å². The molecule has 0 aliphatic carbocycles. The second-order valence-electron chi connectivity index (χ2n) is 7.30. The highest BCUT2D eigenvalue weighted by Crippen LogP contribution is 2.37. The number of benzene rings is 2. The number of rotatable bonds is 6. The summed E-state index contributed by atoms with van der Waals surface area (Å²) in [4.78, 5) is 14.9. The number of carbonyl (C=O) groups is 1. The molecule has 1 atom stereocenters. The van der Waals surface area contributed by atoms with Gasteiger partial charge in [0.05, 0.1) is 7.11 Å². The summed E-state index contributed by atoms with van der Waals surface area (Å²) in [6.07, 6.45) is 3.22. The fourth-order valence-electron chi connectivity index (χ4n) is 3.71. The summed E-state index contributed by atoms with van der Waals surface area (Å²) in [6.45, 7) is 0. The topological polar surface area (TPSA) is 68.7 Å². The van der Waals surface area contributed by atoms with Crippen LogP contribution in [-0.2, 0) is 17.6 Å². The van der Waals surface area contributed by atoms with Crippen molar-refractivity contribution in [3.05, 3.63) is 77.2 Å². The van der Waals surface area contributed by atoms with Gasteiger partial charge in [-0.2, -0.15) is 0 Å². The quantitative estimate of drug-likeness (QED) is 0.624. The largest absolute Gasteiger partial charge is 0.485 e. The van der Waals surface area contributed by atoms with E-state index in [0.717, 1.165) is 28.7 Å². The van der Waals surface area contributed by atoms with Gasteiger partial charge in [-0.1, -0.05) is 24.3 Å². The monoisotopic (exact) mass is 407 g/mol. The minimum Gasteiger partial charge on any atom is -0.485 e. The van der Waals surface area contributed by atoms with Crippen LogP contribution in [0.4, 0.5) is 4.39 Å². The lowest BCUT2D eigenvalue weighted by Gasteiger charge is -2.27. The van der Waals surface area contributed by atoms with Gasteiger partial charge in [-0.3, -0.25) is 4.79 Å². The molecule has 154 valence electrons. The molecular weight excluding hydrogens is 385 g/mol. The summed E-state index contributed by atoms with van der Waals surface area (Å²) in [7, 11) is 1.54. The van der Waals surface area contributed by atoms with Gasteiger partial charge in [0.2, 0.25) is 5.88 Å². The minimum atomic E-state index is -0.833. The Bertz CT molecular complexity index is 1080. The Morgan fingerprint density at radius 2 is 2.03 bits per heavy atom. The summed E-state index contributed by atoms with van der Waals surface area (Å²) < 4.78 is 26.2. The Morgan fingerprint density at radius 1 is 1.20 bits per heavy atom. The van der Waals surface area contributed by atoms with E-state index in [9.17, 15) is 9.18 Å². The van der Waals surface area contributed by atoms with Crippen LogP contribution in [0, 0.1) is 5.82 Å². The Kier molecular flexibility index (Phi) is 5.65. The average molecular weight is 407 g/mol. The smallest absolute Gasteiger partial charge is 0.303 e. The first-order valence-corrected chi connectivity index (χ1v) is 9.83. The maximum Gasteiger partial charge on any atom is 0.303 e. The third-order valence-electron chi connectivity index (χ3n) is 5.33. The molecule has 4 rings (SSSR count). The summed E-state index contributed by atoms with van der Waals surface area (Å²) in [5.41, 5.74) is 4.04. The maximum atomic E-state index is 15.0. The van der Waals surface area contributed by atoms with Crippen LogP contribution in [0.15, 0.2) is 54.7 Å². The third-order valence-corrected chi connectivity index (χ3v) is 5.33. The highest BCUT2D eigenvalue weighted by atomic mass is 19.1. The van der Waals surface area contributed by atoms with Crippen LogP contribution in [0.5, 0.6) is 11.6 Å². The molecule has 0 fully saturated rings. The molecule has 0 amide bonds. The van der Waals surface area contributed by atoms with Crippen molar-refractivity contribution in [1.82, 2.24) is 4.98 Å². The van der Waals surface area contributed by atoms with E-state index in [1.165, 1.54) is 6.07 Å². The van der Waals surface area contributed by atoms with E-state index in [1.807, 2.05) is 30.3 Å². The number of carboxylic acid groups (broad SMARTS) is 1. The van der Waals surface area contributed by atoms with Crippen molar-refractivity contribution in [2.75, 3.05) is 7.11 Å². The van der Waals surface area contributed by atoms with E-state index in [4.69, 9.17) is 14.6 Å². The molecule has 6 heteroatoms. The summed E-state index contributed by atoms with van der Waals surface area (Å²) in [6, 6.07) is 14.5. The average Bonchev–Trinajstić information content (AvgIpc) is 2.77. The lowest BCUT2D eigenvalue weighted by atomic mass is 9.94.